The molecule has 1 aromatic rings. The van der Waals surface area contributed by atoms with Crippen molar-refractivity contribution in [3.05, 3.63) is 29.8 Å². The van der Waals surface area contributed by atoms with E-state index in [0.29, 0.717) is 12.1 Å². The van der Waals surface area contributed by atoms with Gasteiger partial charge in [0.2, 0.25) is 0 Å². The van der Waals surface area contributed by atoms with Crippen molar-refractivity contribution in [1.29, 1.82) is 0 Å². The zero-order valence-corrected chi connectivity index (χ0v) is 12.7. The number of nitrogens with one attached hydrogen (secondary N) is 1. The van der Waals surface area contributed by atoms with Gasteiger partial charge in [-0.1, -0.05) is 25.1 Å². The average molecular weight is 261 g/mol. The number of para-hydroxylation sites is 1. The fourth-order valence-electron chi connectivity index (χ4n) is 2.83. The summed E-state index contributed by atoms with van der Waals surface area (Å²) in [5.41, 5.74) is 2.82. The minimum absolute atomic E-state index is 0.413. The van der Waals surface area contributed by atoms with Gasteiger partial charge >= 0.3 is 0 Å². The molecule has 3 heteroatoms. The molecule has 0 saturated carbocycles. The normalized spacial score (nSPS) is 22.5. The third kappa shape index (κ3) is 3.28. The Morgan fingerprint density at radius 2 is 2.05 bits per heavy atom. The quantitative estimate of drug-likeness (QED) is 0.898. The Labute approximate surface area is 117 Å². The highest BCUT2D eigenvalue weighted by molar-refractivity contribution is 5.55. The standard InChI is InChI=1S/C16H27N3/c1-5-17-14(3)15-8-6-7-9-16(15)19-11-10-18(4)13(2)12-19/h6-9,13-14,17H,5,10-12H2,1-4H3. The van der Waals surface area contributed by atoms with E-state index in [1.807, 2.05) is 0 Å². The second-order valence-corrected chi connectivity index (χ2v) is 5.61. The zero-order valence-electron chi connectivity index (χ0n) is 12.7. The van der Waals surface area contributed by atoms with Gasteiger partial charge in [0.25, 0.3) is 0 Å². The van der Waals surface area contributed by atoms with E-state index in [1.54, 1.807) is 0 Å². The molecule has 3 nitrogen and oxygen atoms in total. The highest BCUT2D eigenvalue weighted by Crippen LogP contribution is 2.27. The molecule has 0 spiro atoms. The lowest BCUT2D eigenvalue weighted by atomic mass is 10.0. The number of nitrogens with zero attached hydrogens (tertiary/aromatic N) is 2. The van der Waals surface area contributed by atoms with E-state index >= 15 is 0 Å². The van der Waals surface area contributed by atoms with E-state index in [1.165, 1.54) is 11.3 Å². The van der Waals surface area contributed by atoms with Crippen molar-refractivity contribution in [2.75, 3.05) is 38.1 Å². The lowest BCUT2D eigenvalue weighted by molar-refractivity contribution is 0.234. The number of rotatable bonds is 4. The molecule has 2 unspecified atom stereocenters. The maximum absolute atomic E-state index is 3.52. The van der Waals surface area contributed by atoms with E-state index in [0.717, 1.165) is 26.2 Å². The molecule has 2 rings (SSSR count). The van der Waals surface area contributed by atoms with E-state index < -0.39 is 0 Å². The second-order valence-electron chi connectivity index (χ2n) is 5.61. The molecule has 2 atom stereocenters. The number of likely N-dealkylation sites (N-methyl/N-ethyl adjacent to an activating group) is 1. The summed E-state index contributed by atoms with van der Waals surface area (Å²) in [5, 5.41) is 3.52. The summed E-state index contributed by atoms with van der Waals surface area (Å²) in [5.74, 6) is 0. The molecule has 0 aromatic heterocycles. The molecule has 1 heterocycles. The van der Waals surface area contributed by atoms with Crippen molar-refractivity contribution in [2.24, 2.45) is 0 Å². The minimum atomic E-state index is 0.413. The maximum Gasteiger partial charge on any atom is 0.0415 e. The Morgan fingerprint density at radius 1 is 1.32 bits per heavy atom. The van der Waals surface area contributed by atoms with Gasteiger partial charge in [0.1, 0.15) is 0 Å². The molecule has 19 heavy (non-hydrogen) atoms. The largest absolute Gasteiger partial charge is 0.368 e. The molecule has 1 saturated heterocycles. The van der Waals surface area contributed by atoms with Crippen LogP contribution >= 0.6 is 0 Å². The summed E-state index contributed by atoms with van der Waals surface area (Å²) in [6.45, 7) is 11.1. The summed E-state index contributed by atoms with van der Waals surface area (Å²) < 4.78 is 0. The van der Waals surface area contributed by atoms with Gasteiger partial charge in [-0.05, 0) is 39.1 Å². The fraction of sp³-hybridized carbons (Fsp3) is 0.625. The van der Waals surface area contributed by atoms with Gasteiger partial charge in [-0.2, -0.15) is 0 Å². The van der Waals surface area contributed by atoms with Crippen molar-refractivity contribution in [3.8, 4) is 0 Å². The predicted molar refractivity (Wildman–Crippen MR) is 82.8 cm³/mol. The van der Waals surface area contributed by atoms with Crippen LogP contribution in [0.5, 0.6) is 0 Å². The van der Waals surface area contributed by atoms with E-state index in [-0.39, 0.29) is 0 Å². The highest BCUT2D eigenvalue weighted by atomic mass is 15.3. The molecule has 106 valence electrons. The molecular weight excluding hydrogens is 234 g/mol. The van der Waals surface area contributed by atoms with Gasteiger partial charge in [0.15, 0.2) is 0 Å². The van der Waals surface area contributed by atoms with Crippen LogP contribution < -0.4 is 10.2 Å². The van der Waals surface area contributed by atoms with Crippen molar-refractivity contribution < 1.29 is 0 Å². The van der Waals surface area contributed by atoms with Crippen LogP contribution in [0.1, 0.15) is 32.4 Å². The van der Waals surface area contributed by atoms with Crippen LogP contribution in [0.3, 0.4) is 0 Å². The van der Waals surface area contributed by atoms with Crippen molar-refractivity contribution in [2.45, 2.75) is 32.9 Å². The molecule has 0 aliphatic carbocycles. The molecule has 1 aromatic carbocycles. The predicted octanol–water partition coefficient (Wildman–Crippen LogP) is 2.50. The van der Waals surface area contributed by atoms with E-state index in [9.17, 15) is 0 Å². The van der Waals surface area contributed by atoms with Crippen LogP contribution in [-0.2, 0) is 0 Å². The lowest BCUT2D eigenvalue weighted by Gasteiger charge is -2.40. The molecular formula is C16H27N3. The Hall–Kier alpha value is -1.06. The van der Waals surface area contributed by atoms with Crippen molar-refractivity contribution >= 4 is 5.69 Å². The molecule has 1 fully saturated rings. The number of benzene rings is 1. The molecule has 1 aliphatic heterocycles. The average Bonchev–Trinajstić information content (AvgIpc) is 2.42. The molecule has 0 radical (unpaired) electrons. The first-order chi connectivity index (χ1) is 9.13. The number of hydrogen-bond donors (Lipinski definition) is 1. The first-order valence-electron chi connectivity index (χ1n) is 7.41. The number of hydrogen-bond acceptors (Lipinski definition) is 3. The third-order valence-electron chi connectivity index (χ3n) is 4.21. The Bertz CT molecular complexity index is 405. The maximum atomic E-state index is 3.52. The Morgan fingerprint density at radius 3 is 2.74 bits per heavy atom. The fourth-order valence-corrected chi connectivity index (χ4v) is 2.83. The number of anilines is 1. The van der Waals surface area contributed by atoms with Crippen LogP contribution in [0.15, 0.2) is 24.3 Å². The van der Waals surface area contributed by atoms with Gasteiger partial charge in [0, 0.05) is 37.4 Å². The molecule has 0 bridgehead atoms. The molecule has 1 N–H and O–H groups in total. The number of piperazine rings is 1. The SMILES string of the molecule is CCNC(C)c1ccccc1N1CCN(C)C(C)C1. The van der Waals surface area contributed by atoms with Crippen LogP contribution in [-0.4, -0.2) is 44.2 Å². The summed E-state index contributed by atoms with van der Waals surface area (Å²) in [7, 11) is 2.22. The minimum Gasteiger partial charge on any atom is -0.368 e. The van der Waals surface area contributed by atoms with Crippen LogP contribution in [0.4, 0.5) is 5.69 Å². The third-order valence-corrected chi connectivity index (χ3v) is 4.21. The van der Waals surface area contributed by atoms with Crippen molar-refractivity contribution in [3.63, 3.8) is 0 Å². The summed E-state index contributed by atoms with van der Waals surface area (Å²) >= 11 is 0. The summed E-state index contributed by atoms with van der Waals surface area (Å²) in [6, 6.07) is 9.85. The summed E-state index contributed by atoms with van der Waals surface area (Å²) in [4.78, 5) is 4.97. The van der Waals surface area contributed by atoms with Crippen molar-refractivity contribution in [1.82, 2.24) is 10.2 Å². The van der Waals surface area contributed by atoms with Gasteiger partial charge in [0.05, 0.1) is 0 Å². The smallest absolute Gasteiger partial charge is 0.0415 e. The zero-order chi connectivity index (χ0) is 13.8. The van der Waals surface area contributed by atoms with E-state index in [2.05, 4.69) is 67.2 Å². The van der Waals surface area contributed by atoms with Gasteiger partial charge in [-0.25, -0.2) is 0 Å². The Kier molecular flexibility index (Phi) is 4.83. The van der Waals surface area contributed by atoms with Gasteiger partial charge in [-0.15, -0.1) is 0 Å². The van der Waals surface area contributed by atoms with Crippen LogP contribution in [0.2, 0.25) is 0 Å². The Balaban J connectivity index is 2.20. The lowest BCUT2D eigenvalue weighted by Crippen LogP contribution is -2.50. The monoisotopic (exact) mass is 261 g/mol. The first-order valence-corrected chi connectivity index (χ1v) is 7.41. The molecule has 1 aliphatic rings. The second kappa shape index (κ2) is 6.40. The van der Waals surface area contributed by atoms with Crippen LogP contribution in [0.25, 0.3) is 0 Å². The van der Waals surface area contributed by atoms with Gasteiger partial charge < -0.3 is 15.1 Å². The van der Waals surface area contributed by atoms with Gasteiger partial charge in [-0.3, -0.25) is 0 Å². The topological polar surface area (TPSA) is 18.5 Å². The van der Waals surface area contributed by atoms with E-state index in [4.69, 9.17) is 0 Å². The van der Waals surface area contributed by atoms with Crippen LogP contribution in [0, 0.1) is 0 Å². The summed E-state index contributed by atoms with van der Waals surface area (Å²) in [6.07, 6.45) is 0. The first kappa shape index (κ1) is 14.4. The molecule has 0 amide bonds. The highest BCUT2D eigenvalue weighted by Gasteiger charge is 2.23.